The normalized spacial score (nSPS) is 18.2. The summed E-state index contributed by atoms with van der Waals surface area (Å²) in [6.07, 6.45) is 1.18. The standard InChI is InChI=1S/C10H14N2O.C10H13NO3.C5H6O3.C4H4O3/c13-10-4-2-1-3-9(10)12-7-5-11-6-8-12;1-14-10(13)9(11)6-7-2-4-8(12)5-3-7;1-3-2-4(6)8-5(3)7;5-3-1-2-4(6)7-3/h1-4,11,13H,5-8H2;2-5,9,12H,6,11H2,1H3;3H,2H2,1H3;1-2H2/t;9-;;/m.0../s1. The highest BCUT2D eigenvalue weighted by molar-refractivity contribution is 5.94. The third-order valence-electron chi connectivity index (χ3n) is 6.09. The van der Waals surface area contributed by atoms with Crippen LogP contribution in [0.4, 0.5) is 5.69 Å². The summed E-state index contributed by atoms with van der Waals surface area (Å²) in [4.78, 5) is 53.8. The van der Waals surface area contributed by atoms with Crippen molar-refractivity contribution in [2.75, 3.05) is 38.2 Å². The van der Waals surface area contributed by atoms with Crippen molar-refractivity contribution in [1.82, 2.24) is 5.32 Å². The lowest BCUT2D eigenvalue weighted by molar-refractivity contribution is -0.154. The zero-order valence-corrected chi connectivity index (χ0v) is 23.6. The monoisotopic (exact) mass is 587 g/mol. The van der Waals surface area contributed by atoms with Crippen molar-refractivity contribution in [1.29, 1.82) is 0 Å². The Hall–Kier alpha value is -4.49. The molecule has 0 spiro atoms. The third-order valence-corrected chi connectivity index (χ3v) is 6.09. The van der Waals surface area contributed by atoms with Crippen molar-refractivity contribution in [3.8, 4) is 11.5 Å². The molecule has 228 valence electrons. The van der Waals surface area contributed by atoms with E-state index in [-0.39, 0.29) is 30.9 Å². The van der Waals surface area contributed by atoms with E-state index in [1.165, 1.54) is 7.11 Å². The van der Waals surface area contributed by atoms with E-state index in [9.17, 15) is 29.1 Å². The fourth-order valence-corrected chi connectivity index (χ4v) is 3.78. The van der Waals surface area contributed by atoms with Crippen LogP contribution in [0.1, 0.15) is 31.7 Å². The van der Waals surface area contributed by atoms with Crippen molar-refractivity contribution < 1.29 is 48.4 Å². The summed E-state index contributed by atoms with van der Waals surface area (Å²) >= 11 is 0. The smallest absolute Gasteiger partial charge is 0.322 e. The van der Waals surface area contributed by atoms with Gasteiger partial charge in [-0.1, -0.05) is 31.2 Å². The number of benzene rings is 2. The number of methoxy groups -OCH3 is 1. The van der Waals surface area contributed by atoms with Crippen LogP contribution in [0.15, 0.2) is 48.5 Å². The summed E-state index contributed by atoms with van der Waals surface area (Å²) in [5.41, 5.74) is 7.40. The molecule has 3 aliphatic rings. The lowest BCUT2D eigenvalue weighted by Gasteiger charge is -2.29. The second-order valence-electron chi connectivity index (χ2n) is 9.47. The van der Waals surface area contributed by atoms with Gasteiger partial charge >= 0.3 is 29.8 Å². The number of cyclic esters (lactones) is 4. The van der Waals surface area contributed by atoms with Gasteiger partial charge in [-0.05, 0) is 36.2 Å². The van der Waals surface area contributed by atoms with Crippen LogP contribution in [-0.2, 0) is 44.6 Å². The van der Waals surface area contributed by atoms with Gasteiger partial charge in [0.2, 0.25) is 0 Å². The zero-order valence-electron chi connectivity index (χ0n) is 23.6. The van der Waals surface area contributed by atoms with Gasteiger partial charge in [0, 0.05) is 26.2 Å². The summed E-state index contributed by atoms with van der Waals surface area (Å²) < 4.78 is 12.8. The predicted octanol–water partition coefficient (Wildman–Crippen LogP) is 1.18. The minimum Gasteiger partial charge on any atom is -0.508 e. The van der Waals surface area contributed by atoms with Gasteiger partial charge in [0.05, 0.1) is 38.0 Å². The first-order chi connectivity index (χ1) is 20.0. The number of nitrogens with two attached hydrogens (primary N) is 1. The summed E-state index contributed by atoms with van der Waals surface area (Å²) in [6.45, 7) is 5.60. The first-order valence-corrected chi connectivity index (χ1v) is 13.3. The number of hydrogen-bond acceptors (Lipinski definition) is 13. The number of aromatic hydroxyl groups is 2. The number of para-hydroxylation sites is 2. The SMILES string of the molecule is CC1CC(=O)OC1=O.COC(=O)[C@@H](N)Cc1ccc(O)cc1.O=C1CCC(=O)O1.Oc1ccccc1N1CCNCC1. The number of carbonyl (C=O) groups excluding carboxylic acids is 5. The number of esters is 5. The highest BCUT2D eigenvalue weighted by Gasteiger charge is 2.28. The number of rotatable bonds is 4. The molecule has 0 aromatic heterocycles. The average molecular weight is 588 g/mol. The van der Waals surface area contributed by atoms with Crippen molar-refractivity contribution in [3.05, 3.63) is 54.1 Å². The molecule has 2 aromatic rings. The molecule has 2 atom stereocenters. The molecule has 3 aliphatic heterocycles. The van der Waals surface area contributed by atoms with E-state index >= 15 is 0 Å². The minimum absolute atomic E-state index is 0.195. The van der Waals surface area contributed by atoms with Gasteiger partial charge in [-0.15, -0.1) is 0 Å². The predicted molar refractivity (Wildman–Crippen MR) is 150 cm³/mol. The molecule has 3 saturated heterocycles. The number of piperazine rings is 1. The maximum Gasteiger partial charge on any atom is 0.322 e. The molecule has 1 unspecified atom stereocenters. The molecular formula is C29H37N3O10. The van der Waals surface area contributed by atoms with Crippen LogP contribution < -0.4 is 16.0 Å². The maximum atomic E-state index is 11.0. The molecule has 13 nitrogen and oxygen atoms in total. The quantitative estimate of drug-likeness (QED) is 0.226. The van der Waals surface area contributed by atoms with Crippen molar-refractivity contribution >= 4 is 35.5 Å². The molecule has 3 heterocycles. The van der Waals surface area contributed by atoms with Crippen molar-refractivity contribution in [2.24, 2.45) is 11.7 Å². The zero-order chi connectivity index (χ0) is 31.1. The van der Waals surface area contributed by atoms with E-state index in [0.717, 1.165) is 37.4 Å². The molecule has 13 heteroatoms. The molecule has 0 aliphatic carbocycles. The Kier molecular flexibility index (Phi) is 13.9. The highest BCUT2D eigenvalue weighted by atomic mass is 16.6. The van der Waals surface area contributed by atoms with Gasteiger partial charge in [-0.2, -0.15) is 0 Å². The molecule has 0 bridgehead atoms. The largest absolute Gasteiger partial charge is 0.508 e. The van der Waals surface area contributed by atoms with Gasteiger partial charge in [0.25, 0.3) is 0 Å². The van der Waals surface area contributed by atoms with Crippen LogP contribution in [0.5, 0.6) is 11.5 Å². The van der Waals surface area contributed by atoms with E-state index in [1.807, 2.05) is 18.2 Å². The third kappa shape index (κ3) is 11.9. The van der Waals surface area contributed by atoms with Gasteiger partial charge in [0.15, 0.2) is 0 Å². The number of nitrogens with zero attached hydrogens (tertiary/aromatic N) is 1. The van der Waals surface area contributed by atoms with Crippen LogP contribution in [0.2, 0.25) is 0 Å². The van der Waals surface area contributed by atoms with Gasteiger partial charge < -0.3 is 40.4 Å². The Bertz CT molecular complexity index is 1200. The minimum atomic E-state index is -0.649. The van der Waals surface area contributed by atoms with Gasteiger partial charge in [-0.3, -0.25) is 24.0 Å². The molecule has 0 amide bonds. The van der Waals surface area contributed by atoms with Crippen molar-refractivity contribution in [3.63, 3.8) is 0 Å². The topological polar surface area (TPSA) is 195 Å². The second-order valence-corrected chi connectivity index (χ2v) is 9.47. The molecule has 5 N–H and O–H groups in total. The number of ether oxygens (including phenoxy) is 3. The number of nitrogens with one attached hydrogen (secondary N) is 1. The molecule has 0 saturated carbocycles. The van der Waals surface area contributed by atoms with Crippen LogP contribution in [0.25, 0.3) is 0 Å². The summed E-state index contributed by atoms with van der Waals surface area (Å²) in [5, 5.41) is 21.9. The molecule has 5 rings (SSSR count). The molecular weight excluding hydrogens is 550 g/mol. The van der Waals surface area contributed by atoms with E-state index in [4.69, 9.17) is 10.8 Å². The number of phenols is 2. The number of phenolic OH excluding ortho intramolecular Hbond substituents is 2. The van der Waals surface area contributed by atoms with E-state index in [1.54, 1.807) is 37.3 Å². The summed E-state index contributed by atoms with van der Waals surface area (Å²) in [5.74, 6) is -1.67. The van der Waals surface area contributed by atoms with E-state index in [0.29, 0.717) is 12.2 Å². The summed E-state index contributed by atoms with van der Waals surface area (Å²) in [6, 6.07) is 13.4. The second kappa shape index (κ2) is 17.4. The maximum absolute atomic E-state index is 11.0. The lowest BCUT2D eigenvalue weighted by atomic mass is 10.1. The van der Waals surface area contributed by atoms with Gasteiger partial charge in [-0.25, -0.2) is 0 Å². The fraction of sp³-hybridized carbons (Fsp3) is 0.414. The molecule has 0 radical (unpaired) electrons. The Morgan fingerprint density at radius 1 is 0.976 bits per heavy atom. The molecule has 3 fully saturated rings. The Morgan fingerprint density at radius 3 is 2.00 bits per heavy atom. The molecule has 42 heavy (non-hydrogen) atoms. The first kappa shape index (κ1) is 33.7. The number of hydrogen-bond donors (Lipinski definition) is 4. The average Bonchev–Trinajstić information content (AvgIpc) is 3.51. The highest BCUT2D eigenvalue weighted by Crippen LogP contribution is 2.26. The Morgan fingerprint density at radius 2 is 1.57 bits per heavy atom. The van der Waals surface area contributed by atoms with E-state index in [2.05, 4.69) is 24.4 Å². The Balaban J connectivity index is 0.000000203. The van der Waals surface area contributed by atoms with Crippen LogP contribution in [0.3, 0.4) is 0 Å². The van der Waals surface area contributed by atoms with Crippen LogP contribution >= 0.6 is 0 Å². The van der Waals surface area contributed by atoms with Crippen molar-refractivity contribution in [2.45, 2.75) is 38.6 Å². The van der Waals surface area contributed by atoms with Gasteiger partial charge in [0.1, 0.15) is 17.5 Å². The fourth-order valence-electron chi connectivity index (χ4n) is 3.78. The number of anilines is 1. The first-order valence-electron chi connectivity index (χ1n) is 13.3. The van der Waals surface area contributed by atoms with Crippen LogP contribution in [-0.4, -0.2) is 79.4 Å². The summed E-state index contributed by atoms with van der Waals surface area (Å²) in [7, 11) is 1.30. The number of carbonyl (C=O) groups is 5. The molecule has 2 aromatic carbocycles. The lowest BCUT2D eigenvalue weighted by Crippen LogP contribution is -2.43. The van der Waals surface area contributed by atoms with Crippen LogP contribution in [0, 0.1) is 5.92 Å². The Labute approximate surface area is 243 Å². The van der Waals surface area contributed by atoms with E-state index < -0.39 is 35.9 Å².